The lowest BCUT2D eigenvalue weighted by molar-refractivity contribution is -0.143. The van der Waals surface area contributed by atoms with Crippen molar-refractivity contribution in [2.24, 2.45) is 11.8 Å². The number of hydrogen-bond donors (Lipinski definition) is 1. The Morgan fingerprint density at radius 3 is 2.55 bits per heavy atom. The number of hydrogen-bond acceptors (Lipinski definition) is 1. The summed E-state index contributed by atoms with van der Waals surface area (Å²) in [5, 5.41) is 9.49. The lowest BCUT2D eigenvalue weighted by Crippen LogP contribution is -2.28. The summed E-state index contributed by atoms with van der Waals surface area (Å²) in [5.74, 6) is 0.761. The molecule has 3 unspecified atom stereocenters. The first-order valence-corrected chi connectivity index (χ1v) is 7.98. The van der Waals surface area contributed by atoms with Crippen LogP contribution in [0, 0.1) is 11.8 Å². The van der Waals surface area contributed by atoms with Gasteiger partial charge in [0.2, 0.25) is 0 Å². The Bertz CT molecular complexity index is 490. The minimum absolute atomic E-state index is 0.192. The van der Waals surface area contributed by atoms with Crippen LogP contribution in [0.4, 0.5) is 0 Å². The summed E-state index contributed by atoms with van der Waals surface area (Å²) in [6, 6.07) is 8.78. The minimum Gasteiger partial charge on any atom is -0.481 e. The third-order valence-corrected chi connectivity index (χ3v) is 5.35. The van der Waals surface area contributed by atoms with Crippen molar-refractivity contribution in [3.8, 4) is 0 Å². The zero-order valence-electron chi connectivity index (χ0n) is 12.2. The topological polar surface area (TPSA) is 37.3 Å². The number of aliphatic carboxylic acids is 1. The van der Waals surface area contributed by atoms with Crippen LogP contribution in [0.15, 0.2) is 24.3 Å². The van der Waals surface area contributed by atoms with E-state index in [1.165, 1.54) is 30.4 Å². The Morgan fingerprint density at radius 1 is 1.15 bits per heavy atom. The molecule has 0 radical (unpaired) electrons. The van der Waals surface area contributed by atoms with Gasteiger partial charge in [0.1, 0.15) is 0 Å². The van der Waals surface area contributed by atoms with Gasteiger partial charge < -0.3 is 5.11 Å². The molecule has 0 spiro atoms. The van der Waals surface area contributed by atoms with Crippen LogP contribution in [-0.2, 0) is 4.79 Å². The molecule has 2 aliphatic carbocycles. The molecular weight excluding hydrogens is 248 g/mol. The predicted octanol–water partition coefficient (Wildman–Crippen LogP) is 4.56. The van der Waals surface area contributed by atoms with E-state index < -0.39 is 5.97 Å². The monoisotopic (exact) mass is 272 g/mol. The van der Waals surface area contributed by atoms with E-state index in [0.29, 0.717) is 5.92 Å². The Labute approximate surface area is 121 Å². The summed E-state index contributed by atoms with van der Waals surface area (Å²) in [5.41, 5.74) is 2.68. The Morgan fingerprint density at radius 2 is 1.90 bits per heavy atom. The van der Waals surface area contributed by atoms with E-state index in [4.69, 9.17) is 0 Å². The summed E-state index contributed by atoms with van der Waals surface area (Å²) >= 11 is 0. The predicted molar refractivity (Wildman–Crippen MR) is 79.9 cm³/mol. The fourth-order valence-electron chi connectivity index (χ4n) is 3.83. The average molecular weight is 272 g/mol. The van der Waals surface area contributed by atoms with Crippen LogP contribution in [0.1, 0.15) is 68.4 Å². The van der Waals surface area contributed by atoms with Crippen LogP contribution < -0.4 is 0 Å². The van der Waals surface area contributed by atoms with E-state index in [0.717, 1.165) is 25.2 Å². The maximum Gasteiger partial charge on any atom is 0.307 e. The van der Waals surface area contributed by atoms with Crippen molar-refractivity contribution in [3.63, 3.8) is 0 Å². The normalized spacial score (nSPS) is 30.8. The lowest BCUT2D eigenvalue weighted by atomic mass is 9.70. The highest BCUT2D eigenvalue weighted by Crippen LogP contribution is 2.43. The van der Waals surface area contributed by atoms with Crippen molar-refractivity contribution in [3.05, 3.63) is 35.4 Å². The molecule has 1 N–H and O–H groups in total. The van der Waals surface area contributed by atoms with Crippen molar-refractivity contribution < 1.29 is 9.90 Å². The van der Waals surface area contributed by atoms with Gasteiger partial charge in [0.15, 0.2) is 0 Å². The molecule has 0 bridgehead atoms. The second-order valence-corrected chi connectivity index (χ2v) is 6.77. The zero-order valence-corrected chi connectivity index (χ0v) is 12.2. The largest absolute Gasteiger partial charge is 0.481 e. The first-order chi connectivity index (χ1) is 9.65. The van der Waals surface area contributed by atoms with E-state index in [2.05, 4.69) is 31.2 Å². The zero-order chi connectivity index (χ0) is 14.1. The molecule has 1 aromatic carbocycles. The smallest absolute Gasteiger partial charge is 0.307 e. The second-order valence-electron chi connectivity index (χ2n) is 6.77. The second kappa shape index (κ2) is 5.59. The van der Waals surface area contributed by atoms with Crippen LogP contribution in [0.25, 0.3) is 0 Å². The van der Waals surface area contributed by atoms with E-state index in [-0.39, 0.29) is 11.8 Å². The van der Waals surface area contributed by atoms with Crippen LogP contribution >= 0.6 is 0 Å². The standard InChI is InChI=1S/C18H24O2/c1-12-8-9-16(18(19)20)17(10-12)15-7-3-6-14(11-15)13-4-2-5-13/h3,6-7,11-13,16-17H,2,4-5,8-10H2,1H3,(H,19,20). The van der Waals surface area contributed by atoms with Gasteiger partial charge in [0.25, 0.3) is 0 Å². The summed E-state index contributed by atoms with van der Waals surface area (Å²) in [6.07, 6.45) is 6.84. The first-order valence-electron chi connectivity index (χ1n) is 7.98. The molecule has 2 saturated carbocycles. The third-order valence-electron chi connectivity index (χ3n) is 5.35. The van der Waals surface area contributed by atoms with Gasteiger partial charge in [0.05, 0.1) is 5.92 Å². The Hall–Kier alpha value is -1.31. The highest BCUT2D eigenvalue weighted by atomic mass is 16.4. The van der Waals surface area contributed by atoms with E-state index in [9.17, 15) is 9.90 Å². The van der Waals surface area contributed by atoms with Crippen molar-refractivity contribution in [1.82, 2.24) is 0 Å². The van der Waals surface area contributed by atoms with E-state index in [1.807, 2.05) is 0 Å². The number of benzene rings is 1. The van der Waals surface area contributed by atoms with Gasteiger partial charge in [-0.05, 0) is 61.0 Å². The molecule has 2 heteroatoms. The quantitative estimate of drug-likeness (QED) is 0.876. The fourth-order valence-corrected chi connectivity index (χ4v) is 3.83. The summed E-state index contributed by atoms with van der Waals surface area (Å²) in [7, 11) is 0. The van der Waals surface area contributed by atoms with Gasteiger partial charge >= 0.3 is 5.97 Å². The van der Waals surface area contributed by atoms with E-state index >= 15 is 0 Å². The van der Waals surface area contributed by atoms with Gasteiger partial charge in [-0.3, -0.25) is 4.79 Å². The molecule has 3 rings (SSSR count). The SMILES string of the molecule is CC1CCC(C(=O)O)C(c2cccc(C3CCC3)c2)C1. The third kappa shape index (κ3) is 2.61. The number of carbonyl (C=O) groups is 1. The van der Waals surface area contributed by atoms with Gasteiger partial charge in [-0.15, -0.1) is 0 Å². The molecule has 0 amide bonds. The molecule has 3 atom stereocenters. The minimum atomic E-state index is -0.615. The lowest BCUT2D eigenvalue weighted by Gasteiger charge is -2.33. The Balaban J connectivity index is 1.86. The number of rotatable bonds is 3. The van der Waals surface area contributed by atoms with Gasteiger partial charge in [-0.2, -0.15) is 0 Å². The molecule has 2 fully saturated rings. The molecule has 0 aliphatic heterocycles. The summed E-state index contributed by atoms with van der Waals surface area (Å²) in [4.78, 5) is 11.5. The number of carboxylic acid groups (broad SMARTS) is 1. The molecule has 20 heavy (non-hydrogen) atoms. The molecule has 0 heterocycles. The van der Waals surface area contributed by atoms with Crippen LogP contribution in [0.5, 0.6) is 0 Å². The maximum atomic E-state index is 11.5. The van der Waals surface area contributed by atoms with Gasteiger partial charge in [-0.25, -0.2) is 0 Å². The Kier molecular flexibility index (Phi) is 3.82. The molecular formula is C18H24O2. The molecule has 1 aromatic rings. The van der Waals surface area contributed by atoms with Crippen LogP contribution in [0.3, 0.4) is 0 Å². The van der Waals surface area contributed by atoms with Crippen molar-refractivity contribution in [2.45, 2.75) is 57.3 Å². The van der Waals surface area contributed by atoms with Crippen LogP contribution in [-0.4, -0.2) is 11.1 Å². The van der Waals surface area contributed by atoms with Gasteiger partial charge in [0, 0.05) is 0 Å². The average Bonchev–Trinajstić information content (AvgIpc) is 2.36. The van der Waals surface area contributed by atoms with Crippen LogP contribution in [0.2, 0.25) is 0 Å². The summed E-state index contributed by atoms with van der Waals surface area (Å²) in [6.45, 7) is 2.25. The van der Waals surface area contributed by atoms with Crippen molar-refractivity contribution >= 4 is 5.97 Å². The highest BCUT2D eigenvalue weighted by Gasteiger charge is 2.34. The fraction of sp³-hybridized carbons (Fsp3) is 0.611. The summed E-state index contributed by atoms with van der Waals surface area (Å²) < 4.78 is 0. The molecule has 108 valence electrons. The molecule has 2 aliphatic rings. The maximum absolute atomic E-state index is 11.5. The first kappa shape index (κ1) is 13.7. The van der Waals surface area contributed by atoms with Crippen molar-refractivity contribution in [2.75, 3.05) is 0 Å². The number of carboxylic acids is 1. The highest BCUT2D eigenvalue weighted by molar-refractivity contribution is 5.71. The molecule has 0 saturated heterocycles. The molecule has 2 nitrogen and oxygen atoms in total. The van der Waals surface area contributed by atoms with Gasteiger partial charge in [-0.1, -0.05) is 37.6 Å². The molecule has 0 aromatic heterocycles. The van der Waals surface area contributed by atoms with E-state index in [1.54, 1.807) is 0 Å². The van der Waals surface area contributed by atoms with Crippen molar-refractivity contribution in [1.29, 1.82) is 0 Å².